The predicted octanol–water partition coefficient (Wildman–Crippen LogP) is 2.10. The summed E-state index contributed by atoms with van der Waals surface area (Å²) in [7, 11) is 0. The Kier molecular flexibility index (Phi) is 6.51. The second-order valence-corrected chi connectivity index (χ2v) is 7.14. The van der Waals surface area contributed by atoms with Crippen molar-refractivity contribution in [2.24, 2.45) is 0 Å². The zero-order valence-corrected chi connectivity index (χ0v) is 16.4. The SMILES string of the molecule is CCOC(=O)C=c1sc(=Cc2cccc(F)c2)c(=O)n1CC(=O)c1ccccc1. The highest BCUT2D eigenvalue weighted by atomic mass is 32.1. The van der Waals surface area contributed by atoms with Gasteiger partial charge in [-0.25, -0.2) is 9.18 Å². The zero-order chi connectivity index (χ0) is 20.8. The van der Waals surface area contributed by atoms with Gasteiger partial charge in [0.25, 0.3) is 5.56 Å². The molecular weight excluding hydrogens is 393 g/mol. The van der Waals surface area contributed by atoms with Crippen molar-refractivity contribution in [2.45, 2.75) is 13.5 Å². The Morgan fingerprint density at radius 1 is 1.14 bits per heavy atom. The monoisotopic (exact) mass is 411 g/mol. The summed E-state index contributed by atoms with van der Waals surface area (Å²) in [6, 6.07) is 14.4. The van der Waals surface area contributed by atoms with Gasteiger partial charge in [0, 0.05) is 5.56 Å². The lowest BCUT2D eigenvalue weighted by molar-refractivity contribution is -0.135. The highest BCUT2D eigenvalue weighted by Gasteiger charge is 2.12. The third-order valence-electron chi connectivity index (χ3n) is 4.01. The third kappa shape index (κ3) is 5.14. The molecule has 29 heavy (non-hydrogen) atoms. The molecule has 0 amide bonds. The van der Waals surface area contributed by atoms with Crippen LogP contribution in [-0.2, 0) is 16.1 Å². The van der Waals surface area contributed by atoms with E-state index in [0.717, 1.165) is 11.3 Å². The highest BCUT2D eigenvalue weighted by Crippen LogP contribution is 2.04. The molecule has 0 unspecified atom stereocenters. The molecule has 1 aromatic heterocycles. The first kappa shape index (κ1) is 20.4. The van der Waals surface area contributed by atoms with Gasteiger partial charge < -0.3 is 4.74 Å². The number of Topliss-reactive ketones (excluding diaryl/α,β-unsaturated/α-hetero) is 1. The molecule has 0 bridgehead atoms. The van der Waals surface area contributed by atoms with Crippen LogP contribution in [-0.4, -0.2) is 22.9 Å². The van der Waals surface area contributed by atoms with Gasteiger partial charge in [0.05, 0.1) is 23.8 Å². The molecule has 7 heteroatoms. The Bertz CT molecular complexity index is 1210. The van der Waals surface area contributed by atoms with Gasteiger partial charge in [-0.1, -0.05) is 42.5 Å². The van der Waals surface area contributed by atoms with Crippen LogP contribution in [0.5, 0.6) is 0 Å². The number of hydrogen-bond acceptors (Lipinski definition) is 5. The Labute approximate surface area is 170 Å². The largest absolute Gasteiger partial charge is 0.463 e. The van der Waals surface area contributed by atoms with Gasteiger partial charge in [-0.2, -0.15) is 0 Å². The molecule has 1 heterocycles. The Balaban J connectivity index is 2.10. The summed E-state index contributed by atoms with van der Waals surface area (Å²) >= 11 is 1.04. The normalized spacial score (nSPS) is 12.2. The Morgan fingerprint density at radius 2 is 1.90 bits per heavy atom. The maximum atomic E-state index is 13.5. The van der Waals surface area contributed by atoms with Crippen molar-refractivity contribution in [3.05, 3.63) is 91.1 Å². The minimum Gasteiger partial charge on any atom is -0.463 e. The summed E-state index contributed by atoms with van der Waals surface area (Å²) < 4.78 is 20.2. The number of carbonyl (C=O) groups excluding carboxylic acids is 2. The smallest absolute Gasteiger partial charge is 0.333 e. The average Bonchev–Trinajstić information content (AvgIpc) is 2.97. The number of nitrogens with zero attached hydrogens (tertiary/aromatic N) is 1. The fourth-order valence-corrected chi connectivity index (χ4v) is 3.71. The number of rotatable bonds is 6. The number of aromatic nitrogens is 1. The topological polar surface area (TPSA) is 65.4 Å². The van der Waals surface area contributed by atoms with Gasteiger partial charge in [0.15, 0.2) is 5.78 Å². The fraction of sp³-hybridized carbons (Fsp3) is 0.136. The molecule has 0 aliphatic heterocycles. The second kappa shape index (κ2) is 9.25. The lowest BCUT2D eigenvalue weighted by Gasteiger charge is -2.02. The lowest BCUT2D eigenvalue weighted by Crippen LogP contribution is -2.34. The van der Waals surface area contributed by atoms with Crippen LogP contribution < -0.4 is 14.8 Å². The molecule has 0 aliphatic carbocycles. The predicted molar refractivity (Wildman–Crippen MR) is 110 cm³/mol. The first-order chi connectivity index (χ1) is 14.0. The summed E-state index contributed by atoms with van der Waals surface area (Å²) in [5.74, 6) is -1.29. The van der Waals surface area contributed by atoms with Crippen molar-refractivity contribution >= 4 is 35.2 Å². The van der Waals surface area contributed by atoms with Crippen molar-refractivity contribution in [1.82, 2.24) is 4.57 Å². The van der Waals surface area contributed by atoms with Gasteiger partial charge in [0.1, 0.15) is 10.5 Å². The molecule has 148 valence electrons. The number of hydrogen-bond donors (Lipinski definition) is 0. The van der Waals surface area contributed by atoms with E-state index in [1.165, 1.54) is 34.9 Å². The quantitative estimate of drug-likeness (QED) is 0.460. The Hall–Kier alpha value is -3.32. The number of halogens is 1. The molecule has 3 rings (SSSR count). The second-order valence-electron chi connectivity index (χ2n) is 6.08. The van der Waals surface area contributed by atoms with Gasteiger partial charge in [-0.05, 0) is 30.7 Å². The molecule has 0 radical (unpaired) electrons. The number of ether oxygens (including phenoxy) is 1. The minimum absolute atomic E-state index is 0.191. The molecule has 5 nitrogen and oxygen atoms in total. The van der Waals surface area contributed by atoms with E-state index >= 15 is 0 Å². The van der Waals surface area contributed by atoms with E-state index in [0.29, 0.717) is 15.8 Å². The molecule has 0 aliphatic rings. The van der Waals surface area contributed by atoms with Crippen LogP contribution >= 0.6 is 11.3 Å². The first-order valence-corrected chi connectivity index (χ1v) is 9.73. The first-order valence-electron chi connectivity index (χ1n) is 8.91. The Morgan fingerprint density at radius 3 is 2.59 bits per heavy atom. The van der Waals surface area contributed by atoms with Crippen molar-refractivity contribution in [3.8, 4) is 0 Å². The van der Waals surface area contributed by atoms with Crippen molar-refractivity contribution < 1.29 is 18.7 Å². The van der Waals surface area contributed by atoms with E-state index in [2.05, 4.69) is 0 Å². The van der Waals surface area contributed by atoms with Crippen LogP contribution in [0.3, 0.4) is 0 Å². The number of benzene rings is 2. The average molecular weight is 411 g/mol. The van der Waals surface area contributed by atoms with Gasteiger partial charge in [-0.15, -0.1) is 11.3 Å². The van der Waals surface area contributed by atoms with Crippen molar-refractivity contribution in [3.63, 3.8) is 0 Å². The minimum atomic E-state index is -0.605. The number of esters is 1. The van der Waals surface area contributed by atoms with Crippen molar-refractivity contribution in [2.75, 3.05) is 6.61 Å². The molecule has 3 aromatic rings. The van der Waals surface area contributed by atoms with E-state index in [9.17, 15) is 18.8 Å². The number of carbonyl (C=O) groups is 2. The van der Waals surface area contributed by atoms with E-state index in [1.54, 1.807) is 43.3 Å². The maximum absolute atomic E-state index is 13.5. The number of thiazole rings is 1. The van der Waals surface area contributed by atoms with Gasteiger partial charge in [-0.3, -0.25) is 14.2 Å². The van der Waals surface area contributed by atoms with Gasteiger partial charge >= 0.3 is 5.97 Å². The van der Waals surface area contributed by atoms with E-state index in [-0.39, 0.29) is 23.5 Å². The molecule has 0 fully saturated rings. The van der Waals surface area contributed by atoms with Crippen LogP contribution in [0, 0.1) is 5.82 Å². The highest BCUT2D eigenvalue weighted by molar-refractivity contribution is 7.07. The zero-order valence-electron chi connectivity index (χ0n) is 15.6. The van der Waals surface area contributed by atoms with E-state index in [1.807, 2.05) is 0 Å². The van der Waals surface area contributed by atoms with Crippen LogP contribution in [0.4, 0.5) is 4.39 Å². The van der Waals surface area contributed by atoms with E-state index in [4.69, 9.17) is 4.74 Å². The number of ketones is 1. The van der Waals surface area contributed by atoms with Crippen LogP contribution in [0.15, 0.2) is 59.4 Å². The maximum Gasteiger partial charge on any atom is 0.333 e. The molecule has 2 aromatic carbocycles. The van der Waals surface area contributed by atoms with Crippen LogP contribution in [0.1, 0.15) is 22.8 Å². The van der Waals surface area contributed by atoms with Crippen LogP contribution in [0.25, 0.3) is 12.2 Å². The summed E-state index contributed by atoms with van der Waals surface area (Å²) in [6.07, 6.45) is 2.72. The molecule has 0 saturated carbocycles. The third-order valence-corrected chi connectivity index (χ3v) is 5.07. The standard InChI is InChI=1S/C22H18FNO4S/c1-2-28-21(26)13-20-24(14-18(25)16-8-4-3-5-9-16)22(27)19(29-20)12-15-7-6-10-17(23)11-15/h3-13H,2,14H2,1H3. The van der Waals surface area contributed by atoms with Crippen molar-refractivity contribution in [1.29, 1.82) is 0 Å². The summed E-state index contributed by atoms with van der Waals surface area (Å²) in [5, 5.41) is 0. The fourth-order valence-electron chi connectivity index (χ4n) is 2.68. The summed E-state index contributed by atoms with van der Waals surface area (Å²) in [6.45, 7) is 1.65. The molecule has 0 saturated heterocycles. The van der Waals surface area contributed by atoms with Crippen LogP contribution in [0.2, 0.25) is 0 Å². The molecule has 0 spiro atoms. The molecule has 0 N–H and O–H groups in total. The van der Waals surface area contributed by atoms with E-state index < -0.39 is 17.3 Å². The molecule has 0 atom stereocenters. The summed E-state index contributed by atoms with van der Waals surface area (Å²) in [4.78, 5) is 37.4. The lowest BCUT2D eigenvalue weighted by atomic mass is 10.1. The molecular formula is C22H18FNO4S. The van der Waals surface area contributed by atoms with Gasteiger partial charge in [0.2, 0.25) is 0 Å². The summed E-state index contributed by atoms with van der Waals surface area (Å²) in [5.41, 5.74) is 0.537.